The fourth-order valence-corrected chi connectivity index (χ4v) is 6.94. The molecule has 2 aromatic rings. The summed E-state index contributed by atoms with van der Waals surface area (Å²) >= 11 is 0. The van der Waals surface area contributed by atoms with Crippen LogP contribution in [0.2, 0.25) is 0 Å². The average molecular weight is 533 g/mol. The van der Waals surface area contributed by atoms with Gasteiger partial charge in [-0.2, -0.15) is 0 Å². The molecule has 0 bridgehead atoms. The molecule has 210 valence electrons. The van der Waals surface area contributed by atoms with Crippen LogP contribution in [0.1, 0.15) is 69.4 Å². The van der Waals surface area contributed by atoms with E-state index in [4.69, 9.17) is 4.74 Å². The number of rotatable bonds is 11. The Morgan fingerprint density at radius 3 is 2.64 bits per heavy atom. The molecule has 6 nitrogen and oxygen atoms in total. The maximum absolute atomic E-state index is 13.3. The van der Waals surface area contributed by atoms with Gasteiger partial charge in [0.05, 0.1) is 0 Å². The molecule has 0 unspecified atom stereocenters. The van der Waals surface area contributed by atoms with Crippen LogP contribution in [-0.2, 0) is 26.2 Å². The predicted molar refractivity (Wildman–Crippen MR) is 155 cm³/mol. The first-order chi connectivity index (χ1) is 18.8. The van der Waals surface area contributed by atoms with Crippen molar-refractivity contribution < 1.29 is 19.4 Å². The summed E-state index contributed by atoms with van der Waals surface area (Å²) in [6.45, 7) is 7.56. The maximum Gasteiger partial charge on any atom is 0.303 e. The molecule has 2 aromatic carbocycles. The number of hydrogen-bond acceptors (Lipinski definition) is 5. The van der Waals surface area contributed by atoms with E-state index in [0.717, 1.165) is 57.2 Å². The number of likely N-dealkylation sites (tertiary alicyclic amines) is 1. The number of phenolic OH excluding ortho intramolecular Hbond substituents is 1. The molecular weight excluding hydrogens is 488 g/mol. The standard InChI is InChI=1S/C33H44N2O4/c1-4-21-35-22-20-32(28-15-11-16-30(37)23-28)24-29(18-19-33(32,25-35)39-26(2)36)34(3)31(38)17-10-6-9-14-27-12-7-5-8-13-27/h4-5,7-8,11-13,15-16,23,29,37H,1,6,9-10,14,17-22,24-25H2,2-3H3/t29-,32+,33+/m1/s1. The largest absolute Gasteiger partial charge is 0.508 e. The lowest BCUT2D eigenvalue weighted by molar-refractivity contribution is -0.189. The number of phenols is 1. The predicted octanol–water partition coefficient (Wildman–Crippen LogP) is 5.64. The Morgan fingerprint density at radius 2 is 1.92 bits per heavy atom. The molecule has 1 saturated carbocycles. The number of carbonyl (C=O) groups is 2. The zero-order valence-corrected chi connectivity index (χ0v) is 23.6. The molecular formula is C33H44N2O4. The third kappa shape index (κ3) is 6.55. The number of aryl methyl sites for hydroxylation is 1. The highest BCUT2D eigenvalue weighted by Gasteiger charge is 2.61. The number of nitrogens with zero attached hydrogens (tertiary/aromatic N) is 2. The van der Waals surface area contributed by atoms with Crippen molar-refractivity contribution in [2.45, 2.75) is 81.8 Å². The topological polar surface area (TPSA) is 70.1 Å². The Kier molecular flexibility index (Phi) is 9.49. The molecule has 1 aliphatic carbocycles. The third-order valence-corrected chi connectivity index (χ3v) is 8.94. The summed E-state index contributed by atoms with van der Waals surface area (Å²) in [5.41, 5.74) is 1.10. The first-order valence-electron chi connectivity index (χ1n) is 14.4. The number of esters is 1. The Labute approximate surface area is 233 Å². The van der Waals surface area contributed by atoms with E-state index in [-0.39, 0.29) is 23.7 Å². The molecule has 2 fully saturated rings. The number of benzene rings is 2. The van der Waals surface area contributed by atoms with E-state index < -0.39 is 11.0 Å². The van der Waals surface area contributed by atoms with Crippen molar-refractivity contribution in [3.05, 3.63) is 78.4 Å². The van der Waals surface area contributed by atoms with Crippen LogP contribution in [0, 0.1) is 0 Å². The van der Waals surface area contributed by atoms with Crippen LogP contribution < -0.4 is 0 Å². The minimum absolute atomic E-state index is 0.0406. The minimum Gasteiger partial charge on any atom is -0.508 e. The van der Waals surface area contributed by atoms with Gasteiger partial charge in [0.25, 0.3) is 0 Å². The second kappa shape index (κ2) is 12.8. The number of piperidine rings is 1. The average Bonchev–Trinajstić information content (AvgIpc) is 2.92. The van der Waals surface area contributed by atoms with Gasteiger partial charge in [-0.15, -0.1) is 6.58 Å². The highest BCUT2D eigenvalue weighted by Crippen LogP contribution is 2.54. The molecule has 2 aliphatic rings. The van der Waals surface area contributed by atoms with Gasteiger partial charge in [0.2, 0.25) is 5.91 Å². The van der Waals surface area contributed by atoms with Gasteiger partial charge < -0.3 is 14.7 Å². The molecule has 1 aliphatic heterocycles. The molecule has 0 aromatic heterocycles. The normalized spacial score (nSPS) is 24.9. The van der Waals surface area contributed by atoms with Crippen LogP contribution >= 0.6 is 0 Å². The second-order valence-electron chi connectivity index (χ2n) is 11.4. The quantitative estimate of drug-likeness (QED) is 0.231. The number of amides is 1. The van der Waals surface area contributed by atoms with Crippen molar-refractivity contribution in [2.75, 3.05) is 26.7 Å². The third-order valence-electron chi connectivity index (χ3n) is 8.94. The van der Waals surface area contributed by atoms with E-state index in [1.807, 2.05) is 42.3 Å². The molecule has 39 heavy (non-hydrogen) atoms. The van der Waals surface area contributed by atoms with Gasteiger partial charge in [-0.1, -0.05) is 55.0 Å². The summed E-state index contributed by atoms with van der Waals surface area (Å²) < 4.78 is 6.27. The summed E-state index contributed by atoms with van der Waals surface area (Å²) in [7, 11) is 1.93. The number of aromatic hydroxyl groups is 1. The van der Waals surface area contributed by atoms with Crippen molar-refractivity contribution in [1.29, 1.82) is 0 Å². The van der Waals surface area contributed by atoms with Crippen LogP contribution in [0.4, 0.5) is 0 Å². The monoisotopic (exact) mass is 532 g/mol. The Balaban J connectivity index is 1.49. The molecule has 1 saturated heterocycles. The summed E-state index contributed by atoms with van der Waals surface area (Å²) in [5.74, 6) is 0.0855. The van der Waals surface area contributed by atoms with Crippen LogP contribution in [-0.4, -0.2) is 65.1 Å². The van der Waals surface area contributed by atoms with Gasteiger partial charge >= 0.3 is 5.97 Å². The number of carbonyl (C=O) groups excluding carboxylic acids is 2. The van der Waals surface area contributed by atoms with E-state index in [9.17, 15) is 14.7 Å². The molecule has 0 radical (unpaired) electrons. The lowest BCUT2D eigenvalue weighted by atomic mass is 9.55. The lowest BCUT2D eigenvalue weighted by Crippen LogP contribution is -2.68. The van der Waals surface area contributed by atoms with Crippen molar-refractivity contribution in [3.63, 3.8) is 0 Å². The Hall–Kier alpha value is -3.12. The second-order valence-corrected chi connectivity index (χ2v) is 11.4. The Morgan fingerprint density at radius 1 is 1.13 bits per heavy atom. The smallest absolute Gasteiger partial charge is 0.303 e. The summed E-state index contributed by atoms with van der Waals surface area (Å²) in [6, 6.07) is 17.9. The Bertz CT molecular complexity index is 1140. The number of fused-ring (bicyclic) bond motifs is 1. The first-order valence-corrected chi connectivity index (χ1v) is 14.4. The fourth-order valence-electron chi connectivity index (χ4n) is 6.94. The van der Waals surface area contributed by atoms with Gasteiger partial charge in [-0.05, 0) is 74.8 Å². The van der Waals surface area contributed by atoms with Crippen LogP contribution in [0.25, 0.3) is 0 Å². The fraction of sp³-hybridized carbons (Fsp3) is 0.515. The van der Waals surface area contributed by atoms with Crippen molar-refractivity contribution in [1.82, 2.24) is 9.80 Å². The molecule has 1 amide bonds. The van der Waals surface area contributed by atoms with E-state index >= 15 is 0 Å². The molecule has 1 N–H and O–H groups in total. The summed E-state index contributed by atoms with van der Waals surface area (Å²) in [6.07, 6.45) is 9.37. The van der Waals surface area contributed by atoms with E-state index in [1.165, 1.54) is 12.5 Å². The summed E-state index contributed by atoms with van der Waals surface area (Å²) in [5, 5.41) is 10.4. The number of hydrogen-bond donors (Lipinski definition) is 1. The van der Waals surface area contributed by atoms with E-state index in [2.05, 4.69) is 35.7 Å². The van der Waals surface area contributed by atoms with Gasteiger partial charge in [0.15, 0.2) is 0 Å². The van der Waals surface area contributed by atoms with E-state index in [0.29, 0.717) is 25.8 Å². The highest BCUT2D eigenvalue weighted by molar-refractivity contribution is 5.76. The SMILES string of the molecule is C=CCN1CC[C@@]2(c3cccc(O)c3)C[C@H](N(C)C(=O)CCCCCc3ccccc3)CC[C@]2(OC(C)=O)C1. The molecule has 3 atom stereocenters. The van der Waals surface area contributed by atoms with E-state index in [1.54, 1.807) is 6.07 Å². The van der Waals surface area contributed by atoms with Gasteiger partial charge in [0.1, 0.15) is 11.4 Å². The number of ether oxygens (including phenoxy) is 1. The van der Waals surface area contributed by atoms with Crippen LogP contribution in [0.5, 0.6) is 5.75 Å². The number of unbranched alkanes of at least 4 members (excludes halogenated alkanes) is 2. The van der Waals surface area contributed by atoms with Crippen LogP contribution in [0.15, 0.2) is 67.3 Å². The minimum atomic E-state index is -0.730. The molecule has 0 spiro atoms. The first kappa shape index (κ1) is 28.9. The van der Waals surface area contributed by atoms with Crippen molar-refractivity contribution in [3.8, 4) is 5.75 Å². The summed E-state index contributed by atoms with van der Waals surface area (Å²) in [4.78, 5) is 30.0. The molecule has 1 heterocycles. The zero-order valence-electron chi connectivity index (χ0n) is 23.6. The van der Waals surface area contributed by atoms with Crippen LogP contribution in [0.3, 0.4) is 0 Å². The maximum atomic E-state index is 13.3. The zero-order chi connectivity index (χ0) is 27.9. The van der Waals surface area contributed by atoms with Gasteiger partial charge in [-0.3, -0.25) is 14.5 Å². The van der Waals surface area contributed by atoms with Crippen molar-refractivity contribution >= 4 is 11.9 Å². The lowest BCUT2D eigenvalue weighted by Gasteiger charge is -2.60. The van der Waals surface area contributed by atoms with Gasteiger partial charge in [-0.25, -0.2) is 0 Å². The van der Waals surface area contributed by atoms with Gasteiger partial charge in [0, 0.05) is 44.9 Å². The molecule has 4 rings (SSSR count). The molecule has 6 heteroatoms. The highest BCUT2D eigenvalue weighted by atomic mass is 16.6. The van der Waals surface area contributed by atoms with Crippen molar-refractivity contribution in [2.24, 2.45) is 0 Å².